The molecule has 1 fully saturated rings. The van der Waals surface area contributed by atoms with Gasteiger partial charge in [0.05, 0.1) is 12.4 Å². The van der Waals surface area contributed by atoms with Crippen molar-refractivity contribution in [1.82, 2.24) is 14.4 Å². The molecule has 0 amide bonds. The van der Waals surface area contributed by atoms with Gasteiger partial charge in [0.2, 0.25) is 5.03 Å². The first-order chi connectivity index (χ1) is 8.00. The minimum atomic E-state index is -3.79. The zero-order valence-corrected chi connectivity index (χ0v) is 11.0. The van der Waals surface area contributed by atoms with Crippen molar-refractivity contribution in [2.24, 2.45) is 7.05 Å². The first-order valence-corrected chi connectivity index (χ1v) is 7.21. The molecule has 1 aromatic rings. The summed E-state index contributed by atoms with van der Waals surface area (Å²) in [6.45, 7) is 0. The third-order valence-corrected chi connectivity index (χ3v) is 4.40. The topological polar surface area (TPSA) is 73.2 Å². The summed E-state index contributed by atoms with van der Waals surface area (Å²) in [5.74, 6) is 0. The van der Waals surface area contributed by atoms with Crippen LogP contribution in [0.2, 0.25) is 5.15 Å². The highest BCUT2D eigenvalue weighted by molar-refractivity contribution is 7.89. The molecule has 1 aliphatic carbocycles. The number of sulfonamides is 1. The van der Waals surface area contributed by atoms with Crippen molar-refractivity contribution in [3.8, 4) is 0 Å². The quantitative estimate of drug-likeness (QED) is 0.841. The van der Waals surface area contributed by atoms with E-state index in [0.717, 1.165) is 25.7 Å². The zero-order valence-electron chi connectivity index (χ0n) is 9.39. The number of aryl methyl sites for hydroxylation is 1. The molecule has 1 aliphatic rings. The van der Waals surface area contributed by atoms with Crippen molar-refractivity contribution in [3.63, 3.8) is 0 Å². The first-order valence-electron chi connectivity index (χ1n) is 5.35. The van der Waals surface area contributed by atoms with Gasteiger partial charge in [-0.25, -0.2) is 13.4 Å². The maximum Gasteiger partial charge on any atom is 0.283 e. The molecule has 0 radical (unpaired) electrons. The maximum absolute atomic E-state index is 11.8. The molecule has 0 unspecified atom stereocenters. The molecule has 1 saturated carbocycles. The number of hydrogen-bond donors (Lipinski definition) is 1. The monoisotopic (exact) mass is 279 g/mol. The van der Waals surface area contributed by atoms with Gasteiger partial charge in [-0.1, -0.05) is 29.3 Å². The van der Waals surface area contributed by atoms with E-state index in [2.05, 4.69) is 9.87 Å². The van der Waals surface area contributed by atoms with Gasteiger partial charge in [-0.3, -0.25) is 4.84 Å². The SMILES string of the molecule is Cn1cnc(S(=O)(=O)NOC2CCCC2)c1Cl. The number of nitrogens with zero attached hydrogens (tertiary/aromatic N) is 2. The lowest BCUT2D eigenvalue weighted by atomic mass is 10.3. The van der Waals surface area contributed by atoms with Gasteiger partial charge in [0.25, 0.3) is 10.0 Å². The molecule has 2 rings (SSSR count). The fraction of sp³-hybridized carbons (Fsp3) is 0.667. The molecule has 1 N–H and O–H groups in total. The second kappa shape index (κ2) is 4.93. The number of aromatic nitrogens is 2. The predicted molar refractivity (Wildman–Crippen MR) is 61.9 cm³/mol. The van der Waals surface area contributed by atoms with Crippen LogP contribution in [0.1, 0.15) is 25.7 Å². The standard InChI is InChI=1S/C9H14ClN3O3S/c1-13-6-11-9(8(13)10)17(14,15)12-16-7-4-2-3-5-7/h6-7,12H,2-5H2,1H3. The van der Waals surface area contributed by atoms with Crippen molar-refractivity contribution in [3.05, 3.63) is 11.5 Å². The third-order valence-electron chi connectivity index (χ3n) is 2.72. The zero-order chi connectivity index (χ0) is 12.5. The summed E-state index contributed by atoms with van der Waals surface area (Å²) in [5, 5.41) is -0.146. The van der Waals surface area contributed by atoms with Crippen LogP contribution >= 0.6 is 11.6 Å². The Bertz CT molecular complexity index is 494. The highest BCUT2D eigenvalue weighted by Crippen LogP contribution is 2.22. The normalized spacial score (nSPS) is 17.8. The van der Waals surface area contributed by atoms with Crippen LogP contribution < -0.4 is 4.89 Å². The predicted octanol–water partition coefficient (Wildman–Crippen LogP) is 1.23. The van der Waals surface area contributed by atoms with E-state index in [1.54, 1.807) is 7.05 Å². The average molecular weight is 280 g/mol. The van der Waals surface area contributed by atoms with Gasteiger partial charge >= 0.3 is 0 Å². The number of imidazole rings is 1. The molecule has 6 nitrogen and oxygen atoms in total. The molecule has 0 atom stereocenters. The van der Waals surface area contributed by atoms with Crippen molar-refractivity contribution >= 4 is 21.6 Å². The molecule has 8 heteroatoms. The first kappa shape index (κ1) is 12.8. The summed E-state index contributed by atoms with van der Waals surface area (Å²) in [6, 6.07) is 0. The summed E-state index contributed by atoms with van der Waals surface area (Å²) < 4.78 is 25.1. The minimum Gasteiger partial charge on any atom is -0.324 e. The van der Waals surface area contributed by atoms with Gasteiger partial charge in [0.1, 0.15) is 5.15 Å². The van der Waals surface area contributed by atoms with Gasteiger partial charge in [-0.2, -0.15) is 0 Å². The van der Waals surface area contributed by atoms with E-state index >= 15 is 0 Å². The molecule has 1 heterocycles. The van der Waals surface area contributed by atoms with Crippen LogP contribution in [0.4, 0.5) is 0 Å². The third kappa shape index (κ3) is 2.79. The van der Waals surface area contributed by atoms with E-state index < -0.39 is 10.0 Å². The highest BCUT2D eigenvalue weighted by atomic mass is 35.5. The summed E-state index contributed by atoms with van der Waals surface area (Å²) in [5.41, 5.74) is 0. The Balaban J connectivity index is 2.05. The fourth-order valence-electron chi connectivity index (χ4n) is 1.75. The molecule has 1 aromatic heterocycles. The van der Waals surface area contributed by atoms with Gasteiger partial charge in [0, 0.05) is 7.05 Å². The molecule has 0 aromatic carbocycles. The van der Waals surface area contributed by atoms with Crippen molar-refractivity contribution in [1.29, 1.82) is 0 Å². The Morgan fingerprint density at radius 3 is 2.71 bits per heavy atom. The molecular formula is C9H14ClN3O3S. The lowest BCUT2D eigenvalue weighted by Gasteiger charge is -2.10. The van der Waals surface area contributed by atoms with Crippen LogP contribution in [0.3, 0.4) is 0 Å². The molecule has 0 bridgehead atoms. The summed E-state index contributed by atoms with van der Waals surface area (Å²) >= 11 is 5.81. The Morgan fingerprint density at radius 1 is 1.53 bits per heavy atom. The smallest absolute Gasteiger partial charge is 0.283 e. The summed E-state index contributed by atoms with van der Waals surface area (Å²) in [7, 11) is -2.18. The van der Waals surface area contributed by atoms with Crippen LogP contribution in [0.25, 0.3) is 0 Å². The van der Waals surface area contributed by atoms with Crippen LogP contribution in [-0.2, 0) is 21.9 Å². The van der Waals surface area contributed by atoms with Gasteiger partial charge in [-0.15, -0.1) is 0 Å². The van der Waals surface area contributed by atoms with Gasteiger partial charge in [0.15, 0.2) is 0 Å². The Kier molecular flexibility index (Phi) is 3.72. The van der Waals surface area contributed by atoms with Crippen molar-refractivity contribution in [2.75, 3.05) is 0 Å². The highest BCUT2D eigenvalue weighted by Gasteiger charge is 2.25. The minimum absolute atomic E-state index is 0.0488. The summed E-state index contributed by atoms with van der Waals surface area (Å²) in [6.07, 6.45) is 5.17. The molecule has 96 valence electrons. The second-order valence-electron chi connectivity index (χ2n) is 4.06. The largest absolute Gasteiger partial charge is 0.324 e. The Morgan fingerprint density at radius 2 is 2.18 bits per heavy atom. The Hall–Kier alpha value is -0.630. The van der Waals surface area contributed by atoms with Crippen molar-refractivity contribution < 1.29 is 13.3 Å². The van der Waals surface area contributed by atoms with E-state index in [1.807, 2.05) is 0 Å². The average Bonchev–Trinajstić information content (AvgIpc) is 2.88. The second-order valence-corrected chi connectivity index (χ2v) is 5.98. The van der Waals surface area contributed by atoms with Gasteiger partial charge in [-0.05, 0) is 12.8 Å². The van der Waals surface area contributed by atoms with Crippen LogP contribution in [0.5, 0.6) is 0 Å². The maximum atomic E-state index is 11.8. The molecule has 0 spiro atoms. The van der Waals surface area contributed by atoms with E-state index in [1.165, 1.54) is 10.9 Å². The van der Waals surface area contributed by atoms with Crippen LogP contribution in [0, 0.1) is 0 Å². The number of hydrogen-bond acceptors (Lipinski definition) is 4. The Labute approximate surface area is 105 Å². The molecule has 17 heavy (non-hydrogen) atoms. The van der Waals surface area contributed by atoms with Crippen LogP contribution in [-0.4, -0.2) is 24.1 Å². The van der Waals surface area contributed by atoms with Crippen LogP contribution in [0.15, 0.2) is 11.4 Å². The number of halogens is 1. The fourth-order valence-corrected chi connectivity index (χ4v) is 3.04. The van der Waals surface area contributed by atoms with Gasteiger partial charge < -0.3 is 4.57 Å². The molecule has 0 aliphatic heterocycles. The van der Waals surface area contributed by atoms with E-state index in [9.17, 15) is 8.42 Å². The lowest BCUT2D eigenvalue weighted by Crippen LogP contribution is -2.29. The summed E-state index contributed by atoms with van der Waals surface area (Å²) in [4.78, 5) is 11.0. The molecular weight excluding hydrogens is 266 g/mol. The molecule has 0 saturated heterocycles. The number of rotatable bonds is 4. The van der Waals surface area contributed by atoms with E-state index in [4.69, 9.17) is 16.4 Å². The van der Waals surface area contributed by atoms with E-state index in [0.29, 0.717) is 0 Å². The van der Waals surface area contributed by atoms with E-state index in [-0.39, 0.29) is 16.3 Å². The lowest BCUT2D eigenvalue weighted by molar-refractivity contribution is 0.0222. The van der Waals surface area contributed by atoms with Crippen molar-refractivity contribution in [2.45, 2.75) is 36.8 Å². The number of nitrogens with one attached hydrogen (secondary N) is 1.